The number of hydrogen-bond acceptors (Lipinski definition) is 2. The molecule has 0 saturated heterocycles. The largest absolute Gasteiger partial charge is 0.349 e. The molecule has 1 heterocycles. The molecule has 0 aliphatic rings. The number of nitrogens with one attached hydrogen (secondary N) is 1. The van der Waals surface area contributed by atoms with Gasteiger partial charge in [0, 0.05) is 24.9 Å². The van der Waals surface area contributed by atoms with Crippen LogP contribution in [0.15, 0.2) is 12.4 Å². The van der Waals surface area contributed by atoms with Crippen LogP contribution in [0.25, 0.3) is 0 Å². The Labute approximate surface area is 79.8 Å². The number of hydrogen-bond donors (Lipinski definition) is 2. The third-order valence-corrected chi connectivity index (χ3v) is 2.88. The van der Waals surface area contributed by atoms with Gasteiger partial charge in [0.1, 0.15) is 5.82 Å². The van der Waals surface area contributed by atoms with Crippen molar-refractivity contribution in [2.45, 2.75) is 39.7 Å². The number of H-pyrrole nitrogens is 1. The minimum Gasteiger partial charge on any atom is -0.349 e. The molecule has 3 heteroatoms. The maximum atomic E-state index is 6.09. The Hall–Kier alpha value is -0.830. The van der Waals surface area contributed by atoms with Crippen molar-refractivity contribution in [3.8, 4) is 0 Å². The lowest BCUT2D eigenvalue weighted by Gasteiger charge is -2.29. The summed E-state index contributed by atoms with van der Waals surface area (Å²) in [4.78, 5) is 7.24. The van der Waals surface area contributed by atoms with E-state index in [1.165, 1.54) is 0 Å². The summed E-state index contributed by atoms with van der Waals surface area (Å²) >= 11 is 0. The van der Waals surface area contributed by atoms with Crippen molar-refractivity contribution >= 4 is 0 Å². The van der Waals surface area contributed by atoms with Gasteiger partial charge in [-0.15, -0.1) is 0 Å². The standard InChI is InChI=1S/C10H19N3/c1-4-10(2,3)8(11)7-9-12-5-6-13-9/h5-6,8H,4,7,11H2,1-3H3,(H,12,13). The molecule has 0 fully saturated rings. The zero-order valence-corrected chi connectivity index (χ0v) is 8.67. The average Bonchev–Trinajstić information content (AvgIpc) is 2.57. The van der Waals surface area contributed by atoms with Gasteiger partial charge in [-0.2, -0.15) is 0 Å². The minimum atomic E-state index is 0.170. The first-order valence-electron chi connectivity index (χ1n) is 4.80. The van der Waals surface area contributed by atoms with Crippen LogP contribution in [-0.2, 0) is 6.42 Å². The number of aromatic nitrogens is 2. The summed E-state index contributed by atoms with van der Waals surface area (Å²) in [6.45, 7) is 6.56. The first-order chi connectivity index (χ1) is 6.06. The van der Waals surface area contributed by atoms with E-state index < -0.39 is 0 Å². The molecule has 1 atom stereocenters. The molecule has 1 unspecified atom stereocenters. The SMILES string of the molecule is CCC(C)(C)C(N)Cc1ncc[nH]1. The second kappa shape index (κ2) is 3.92. The summed E-state index contributed by atoms with van der Waals surface area (Å²) in [6, 6.07) is 0.170. The van der Waals surface area contributed by atoms with Crippen LogP contribution in [0.1, 0.15) is 33.0 Å². The third-order valence-electron chi connectivity index (χ3n) is 2.88. The molecular weight excluding hydrogens is 162 g/mol. The predicted octanol–water partition coefficient (Wildman–Crippen LogP) is 1.72. The second-order valence-electron chi connectivity index (χ2n) is 4.19. The van der Waals surface area contributed by atoms with Gasteiger partial charge in [-0.1, -0.05) is 20.8 Å². The van der Waals surface area contributed by atoms with Gasteiger partial charge in [0.15, 0.2) is 0 Å². The highest BCUT2D eigenvalue weighted by atomic mass is 14.9. The number of nitrogens with two attached hydrogens (primary N) is 1. The van der Waals surface area contributed by atoms with Crippen LogP contribution in [0, 0.1) is 5.41 Å². The fourth-order valence-electron chi connectivity index (χ4n) is 1.16. The number of aromatic amines is 1. The van der Waals surface area contributed by atoms with Gasteiger partial charge in [-0.3, -0.25) is 0 Å². The maximum Gasteiger partial charge on any atom is 0.107 e. The van der Waals surface area contributed by atoms with E-state index in [1.807, 2.05) is 6.20 Å². The quantitative estimate of drug-likeness (QED) is 0.743. The molecule has 1 aromatic heterocycles. The fraction of sp³-hybridized carbons (Fsp3) is 0.700. The van der Waals surface area contributed by atoms with Crippen LogP contribution >= 0.6 is 0 Å². The number of rotatable bonds is 4. The van der Waals surface area contributed by atoms with Gasteiger partial charge >= 0.3 is 0 Å². The lowest BCUT2D eigenvalue weighted by atomic mass is 9.81. The van der Waals surface area contributed by atoms with E-state index >= 15 is 0 Å². The molecular formula is C10H19N3. The van der Waals surface area contributed by atoms with Crippen molar-refractivity contribution < 1.29 is 0 Å². The highest BCUT2D eigenvalue weighted by Gasteiger charge is 2.24. The molecule has 0 bridgehead atoms. The molecule has 0 radical (unpaired) electrons. The lowest BCUT2D eigenvalue weighted by molar-refractivity contribution is 0.270. The second-order valence-corrected chi connectivity index (χ2v) is 4.19. The Balaban J connectivity index is 2.55. The highest BCUT2D eigenvalue weighted by Crippen LogP contribution is 2.24. The van der Waals surface area contributed by atoms with Gasteiger partial charge in [0.25, 0.3) is 0 Å². The molecule has 3 N–H and O–H groups in total. The molecule has 74 valence electrons. The molecule has 0 spiro atoms. The number of nitrogens with zero attached hydrogens (tertiary/aromatic N) is 1. The van der Waals surface area contributed by atoms with Crippen molar-refractivity contribution in [3.63, 3.8) is 0 Å². The summed E-state index contributed by atoms with van der Waals surface area (Å²) in [5, 5.41) is 0. The highest BCUT2D eigenvalue weighted by molar-refractivity contribution is 4.94. The fourth-order valence-corrected chi connectivity index (χ4v) is 1.16. The molecule has 0 saturated carbocycles. The molecule has 1 rings (SSSR count). The zero-order chi connectivity index (χ0) is 9.90. The molecule has 3 nitrogen and oxygen atoms in total. The van der Waals surface area contributed by atoms with E-state index in [-0.39, 0.29) is 11.5 Å². The van der Waals surface area contributed by atoms with E-state index in [4.69, 9.17) is 5.73 Å². The summed E-state index contributed by atoms with van der Waals surface area (Å²) in [7, 11) is 0. The van der Waals surface area contributed by atoms with Crippen LogP contribution in [0.4, 0.5) is 0 Å². The van der Waals surface area contributed by atoms with E-state index in [2.05, 4.69) is 30.7 Å². The van der Waals surface area contributed by atoms with Gasteiger partial charge in [0.05, 0.1) is 0 Å². The Morgan fingerprint density at radius 2 is 2.31 bits per heavy atom. The van der Waals surface area contributed by atoms with Crippen molar-refractivity contribution in [2.24, 2.45) is 11.1 Å². The minimum absolute atomic E-state index is 0.170. The summed E-state index contributed by atoms with van der Waals surface area (Å²) in [5.41, 5.74) is 6.28. The van der Waals surface area contributed by atoms with Crippen molar-refractivity contribution in [1.82, 2.24) is 9.97 Å². The number of imidazole rings is 1. The molecule has 0 aromatic carbocycles. The van der Waals surface area contributed by atoms with E-state index in [9.17, 15) is 0 Å². The Morgan fingerprint density at radius 3 is 2.77 bits per heavy atom. The summed E-state index contributed by atoms with van der Waals surface area (Å²) in [5.74, 6) is 0.981. The predicted molar refractivity (Wildman–Crippen MR) is 54.3 cm³/mol. The first-order valence-corrected chi connectivity index (χ1v) is 4.80. The third kappa shape index (κ3) is 2.56. The molecule has 0 amide bonds. The first kappa shape index (κ1) is 10.3. The van der Waals surface area contributed by atoms with E-state index in [0.29, 0.717) is 0 Å². The van der Waals surface area contributed by atoms with Gasteiger partial charge in [0.2, 0.25) is 0 Å². The maximum absolute atomic E-state index is 6.09. The van der Waals surface area contributed by atoms with Crippen LogP contribution < -0.4 is 5.73 Å². The van der Waals surface area contributed by atoms with Crippen LogP contribution in [0.2, 0.25) is 0 Å². The smallest absolute Gasteiger partial charge is 0.107 e. The molecule has 13 heavy (non-hydrogen) atoms. The lowest BCUT2D eigenvalue weighted by Crippen LogP contribution is -2.38. The van der Waals surface area contributed by atoms with Gasteiger partial charge < -0.3 is 10.7 Å². The van der Waals surface area contributed by atoms with E-state index in [0.717, 1.165) is 18.7 Å². The average molecular weight is 181 g/mol. The van der Waals surface area contributed by atoms with E-state index in [1.54, 1.807) is 6.20 Å². The van der Waals surface area contributed by atoms with Gasteiger partial charge in [-0.05, 0) is 11.8 Å². The molecule has 0 aliphatic heterocycles. The normalized spacial score (nSPS) is 14.5. The topological polar surface area (TPSA) is 54.7 Å². The van der Waals surface area contributed by atoms with Crippen molar-refractivity contribution in [2.75, 3.05) is 0 Å². The Morgan fingerprint density at radius 1 is 1.62 bits per heavy atom. The monoisotopic (exact) mass is 181 g/mol. The van der Waals surface area contributed by atoms with Crippen molar-refractivity contribution in [3.05, 3.63) is 18.2 Å². The summed E-state index contributed by atoms with van der Waals surface area (Å²) < 4.78 is 0. The van der Waals surface area contributed by atoms with Crippen LogP contribution in [-0.4, -0.2) is 16.0 Å². The van der Waals surface area contributed by atoms with Crippen LogP contribution in [0.3, 0.4) is 0 Å². The molecule has 1 aromatic rings. The van der Waals surface area contributed by atoms with Gasteiger partial charge in [-0.25, -0.2) is 4.98 Å². The van der Waals surface area contributed by atoms with Crippen molar-refractivity contribution in [1.29, 1.82) is 0 Å². The Bertz CT molecular complexity index is 239. The molecule has 0 aliphatic carbocycles. The summed E-state index contributed by atoms with van der Waals surface area (Å²) in [6.07, 6.45) is 5.52. The Kier molecular flexibility index (Phi) is 3.09. The van der Waals surface area contributed by atoms with Crippen LogP contribution in [0.5, 0.6) is 0 Å². The zero-order valence-electron chi connectivity index (χ0n) is 8.67.